The molecular formula is C44H40F2N6O6. The normalized spacial score (nSPS) is 18.2. The van der Waals surface area contributed by atoms with Gasteiger partial charge in [0.05, 0.1) is 11.1 Å². The summed E-state index contributed by atoms with van der Waals surface area (Å²) in [6.07, 6.45) is 2.63. The van der Waals surface area contributed by atoms with E-state index in [0.29, 0.717) is 77.4 Å². The fraction of sp³-hybridized carbons (Fsp3) is 0.341. The van der Waals surface area contributed by atoms with E-state index >= 15 is 0 Å². The van der Waals surface area contributed by atoms with Crippen LogP contribution >= 0.6 is 0 Å². The standard InChI is InChI=1S/C44H40F2N6O6/c1-24-29(7-4-9-31(24)40-48-33-17-28(21-52-14-6-11-35(52)42(54)55)36(57-43(45)46)18-37(33)56-40)30-8-5-10-32(25(30)2)41-49-34-16-26(15-27(19-47)39(34)58-41)20-51-22-44(23-51)13-12-38(53)50(44)3/h4-5,7-10,15-18,35,43H,6,11-14,20-23H2,1-3H3,(H,54,55)/t35-/m0/s1. The molecule has 0 saturated carbocycles. The van der Waals surface area contributed by atoms with Crippen LogP contribution in [0.4, 0.5) is 8.78 Å². The largest absolute Gasteiger partial charge is 0.480 e. The van der Waals surface area contributed by atoms with Crippen molar-refractivity contribution in [2.75, 3.05) is 26.7 Å². The number of likely N-dealkylation sites (N-methyl/N-ethyl adjacent to an activating group) is 1. The predicted molar refractivity (Wildman–Crippen MR) is 210 cm³/mol. The molecule has 9 rings (SSSR count). The second kappa shape index (κ2) is 14.3. The fourth-order valence-corrected chi connectivity index (χ4v) is 9.12. The monoisotopic (exact) mass is 786 g/mol. The maximum absolute atomic E-state index is 13.5. The number of carboxylic acids is 1. The van der Waals surface area contributed by atoms with Gasteiger partial charge in [0.25, 0.3) is 0 Å². The molecule has 58 heavy (non-hydrogen) atoms. The summed E-state index contributed by atoms with van der Waals surface area (Å²) in [6.45, 7) is 3.75. The van der Waals surface area contributed by atoms with Gasteiger partial charge in [0.15, 0.2) is 11.2 Å². The average Bonchev–Trinajstić information content (AvgIpc) is 3.98. The lowest BCUT2D eigenvalue weighted by atomic mass is 9.87. The number of fused-ring (bicyclic) bond motifs is 2. The zero-order valence-corrected chi connectivity index (χ0v) is 32.2. The van der Waals surface area contributed by atoms with Crippen molar-refractivity contribution in [3.8, 4) is 45.9 Å². The van der Waals surface area contributed by atoms with Crippen LogP contribution in [0.5, 0.6) is 5.75 Å². The number of hydrogen-bond donors (Lipinski definition) is 1. The first-order valence-electron chi connectivity index (χ1n) is 19.3. The van der Waals surface area contributed by atoms with Crippen molar-refractivity contribution in [3.05, 3.63) is 88.5 Å². The number of ether oxygens (including phenoxy) is 1. The van der Waals surface area contributed by atoms with Gasteiger partial charge >= 0.3 is 12.6 Å². The van der Waals surface area contributed by atoms with Crippen molar-refractivity contribution in [2.24, 2.45) is 0 Å². The summed E-state index contributed by atoms with van der Waals surface area (Å²) in [5, 5.41) is 19.8. The van der Waals surface area contributed by atoms with E-state index in [1.54, 1.807) is 11.0 Å². The molecule has 1 amide bonds. The minimum atomic E-state index is -3.08. The molecule has 12 nitrogen and oxygen atoms in total. The zero-order chi connectivity index (χ0) is 40.5. The Kier molecular flexibility index (Phi) is 9.25. The van der Waals surface area contributed by atoms with E-state index in [9.17, 15) is 28.7 Å². The highest BCUT2D eigenvalue weighted by molar-refractivity contribution is 5.87. The Morgan fingerprint density at radius 1 is 0.983 bits per heavy atom. The van der Waals surface area contributed by atoms with E-state index in [-0.39, 0.29) is 29.3 Å². The molecule has 4 aromatic carbocycles. The number of likely N-dealkylation sites (tertiary alicyclic amines) is 3. The minimum Gasteiger partial charge on any atom is -0.480 e. The predicted octanol–water partition coefficient (Wildman–Crippen LogP) is 7.92. The van der Waals surface area contributed by atoms with E-state index in [1.165, 1.54) is 6.07 Å². The molecule has 0 radical (unpaired) electrons. The molecule has 296 valence electrons. The van der Waals surface area contributed by atoms with Crippen LogP contribution < -0.4 is 4.74 Å². The highest BCUT2D eigenvalue weighted by Crippen LogP contribution is 2.41. The molecule has 6 aromatic rings. The van der Waals surface area contributed by atoms with Gasteiger partial charge in [-0.25, -0.2) is 9.97 Å². The van der Waals surface area contributed by atoms with Gasteiger partial charge in [-0.1, -0.05) is 24.3 Å². The molecule has 1 atom stereocenters. The van der Waals surface area contributed by atoms with E-state index < -0.39 is 18.6 Å². The molecule has 3 aliphatic heterocycles. The van der Waals surface area contributed by atoms with Gasteiger partial charge in [-0.15, -0.1) is 0 Å². The number of nitriles is 1. The van der Waals surface area contributed by atoms with Crippen molar-refractivity contribution >= 4 is 34.1 Å². The summed E-state index contributed by atoms with van der Waals surface area (Å²) in [4.78, 5) is 39.5. The molecular weight excluding hydrogens is 747 g/mol. The van der Waals surface area contributed by atoms with Gasteiger partial charge in [0, 0.05) is 62.4 Å². The van der Waals surface area contributed by atoms with E-state index in [0.717, 1.165) is 52.9 Å². The Morgan fingerprint density at radius 3 is 2.29 bits per heavy atom. The van der Waals surface area contributed by atoms with Crippen LogP contribution in [0.15, 0.2) is 69.5 Å². The Labute approximate surface area is 332 Å². The van der Waals surface area contributed by atoms with Gasteiger partial charge in [0.1, 0.15) is 28.9 Å². The molecule has 2 aromatic heterocycles. The summed E-state index contributed by atoms with van der Waals surface area (Å²) < 4.78 is 44.4. The zero-order valence-electron chi connectivity index (χ0n) is 32.2. The first kappa shape index (κ1) is 37.4. The van der Waals surface area contributed by atoms with Crippen molar-refractivity contribution in [1.29, 1.82) is 5.26 Å². The minimum absolute atomic E-state index is 0.0865. The van der Waals surface area contributed by atoms with Crippen LogP contribution in [-0.2, 0) is 22.7 Å². The summed E-state index contributed by atoms with van der Waals surface area (Å²) in [6, 6.07) is 20.1. The number of amides is 1. The number of carbonyl (C=O) groups is 2. The Bertz CT molecular complexity index is 2680. The number of rotatable bonds is 10. The van der Waals surface area contributed by atoms with E-state index in [4.69, 9.17) is 23.5 Å². The number of carboxylic acid groups (broad SMARTS) is 1. The molecule has 3 aliphatic rings. The third-order valence-electron chi connectivity index (χ3n) is 12.2. The van der Waals surface area contributed by atoms with Gasteiger partial charge in [-0.3, -0.25) is 19.4 Å². The first-order chi connectivity index (χ1) is 27.9. The molecule has 1 N–H and O–H groups in total. The van der Waals surface area contributed by atoms with Crippen LogP contribution in [-0.4, -0.2) is 86.5 Å². The Morgan fingerprint density at radius 2 is 1.66 bits per heavy atom. The smallest absolute Gasteiger partial charge is 0.387 e. The van der Waals surface area contributed by atoms with Gasteiger partial charge in [-0.2, -0.15) is 14.0 Å². The number of nitrogens with zero attached hydrogens (tertiary/aromatic N) is 6. The van der Waals surface area contributed by atoms with E-state index in [1.807, 2.05) is 74.3 Å². The Balaban J connectivity index is 1.01. The number of aromatic nitrogens is 2. The average molecular weight is 787 g/mol. The quantitative estimate of drug-likeness (QED) is 0.144. The van der Waals surface area contributed by atoms with Crippen molar-refractivity contribution < 1.29 is 37.0 Å². The topological polar surface area (TPSA) is 149 Å². The maximum Gasteiger partial charge on any atom is 0.387 e. The molecule has 0 unspecified atom stereocenters. The lowest BCUT2D eigenvalue weighted by Gasteiger charge is -2.51. The first-order valence-corrected chi connectivity index (χ1v) is 19.3. The molecule has 1 spiro atoms. The number of halogens is 2. The summed E-state index contributed by atoms with van der Waals surface area (Å²) >= 11 is 0. The molecule has 0 bridgehead atoms. The molecule has 3 saturated heterocycles. The van der Waals surface area contributed by atoms with Gasteiger partial charge in [0.2, 0.25) is 17.7 Å². The molecule has 14 heteroatoms. The van der Waals surface area contributed by atoms with Crippen molar-refractivity contribution in [1.82, 2.24) is 24.7 Å². The lowest BCUT2D eigenvalue weighted by Crippen LogP contribution is -2.66. The van der Waals surface area contributed by atoms with Crippen LogP contribution in [0.1, 0.15) is 53.5 Å². The number of aliphatic carboxylic acids is 1. The number of hydrogen-bond acceptors (Lipinski definition) is 10. The molecule has 3 fully saturated rings. The van der Waals surface area contributed by atoms with E-state index in [2.05, 4.69) is 11.0 Å². The number of benzene rings is 4. The van der Waals surface area contributed by atoms with Gasteiger partial charge in [-0.05, 0) is 97.8 Å². The van der Waals surface area contributed by atoms with Crippen molar-refractivity contribution in [2.45, 2.75) is 70.8 Å². The summed E-state index contributed by atoms with van der Waals surface area (Å²) in [5.74, 6) is -0.154. The number of alkyl halides is 2. The SMILES string of the molecule is Cc1c(-c2nc3cc(CN4CCC[C@H]4C(=O)O)c(OC(F)F)cc3o2)cccc1-c1cccc(-c2nc3cc(CN4CC5(CCC(=O)N5C)C4)cc(C#N)c3o2)c1C. The number of carbonyl (C=O) groups excluding carboxylic acids is 1. The van der Waals surface area contributed by atoms with Crippen LogP contribution in [0.3, 0.4) is 0 Å². The summed E-state index contributed by atoms with van der Waals surface area (Å²) in [5.41, 5.74) is 8.47. The lowest BCUT2D eigenvalue weighted by molar-refractivity contribution is -0.142. The van der Waals surface area contributed by atoms with Crippen molar-refractivity contribution in [3.63, 3.8) is 0 Å². The highest BCUT2D eigenvalue weighted by Gasteiger charge is 2.51. The number of oxazole rings is 2. The van der Waals surface area contributed by atoms with Crippen LogP contribution in [0.2, 0.25) is 0 Å². The fourth-order valence-electron chi connectivity index (χ4n) is 9.12. The third kappa shape index (κ3) is 6.44. The molecule has 0 aliphatic carbocycles. The van der Waals surface area contributed by atoms with Crippen LogP contribution in [0.25, 0.3) is 56.2 Å². The second-order valence-electron chi connectivity index (χ2n) is 15.7. The maximum atomic E-state index is 13.5. The summed E-state index contributed by atoms with van der Waals surface area (Å²) in [7, 11) is 1.89. The molecule has 5 heterocycles. The highest BCUT2D eigenvalue weighted by atomic mass is 19.3. The third-order valence-corrected chi connectivity index (χ3v) is 12.2. The van der Waals surface area contributed by atoms with Gasteiger partial charge < -0.3 is 23.6 Å². The Hall–Kier alpha value is -6.17. The second-order valence-corrected chi connectivity index (χ2v) is 15.7. The van der Waals surface area contributed by atoms with Crippen LogP contribution in [0, 0.1) is 25.2 Å².